The van der Waals surface area contributed by atoms with Crippen LogP contribution in [0.25, 0.3) is 0 Å². The smallest absolute Gasteiger partial charge is 0.364 e. The van der Waals surface area contributed by atoms with Gasteiger partial charge in [0.1, 0.15) is 12.4 Å². The fraction of sp³-hybridized carbons (Fsp3) is 0.296. The minimum absolute atomic E-state index is 0.122. The molecule has 1 fully saturated rings. The van der Waals surface area contributed by atoms with Crippen molar-refractivity contribution in [2.45, 2.75) is 28.9 Å². The summed E-state index contributed by atoms with van der Waals surface area (Å²) >= 11 is 1.80. The van der Waals surface area contributed by atoms with Gasteiger partial charge in [-0.3, -0.25) is 0 Å². The number of aliphatic carboxylic acids is 1. The maximum Gasteiger partial charge on any atom is 0.364 e. The van der Waals surface area contributed by atoms with E-state index in [0.717, 1.165) is 24.3 Å². The van der Waals surface area contributed by atoms with E-state index in [1.54, 1.807) is 11.8 Å². The maximum absolute atomic E-state index is 11.2. The largest absolute Gasteiger partial charge is 0.492 e. The Morgan fingerprint density at radius 3 is 2.18 bits per heavy atom. The topological polar surface area (TPSA) is 68.2 Å². The van der Waals surface area contributed by atoms with Crippen LogP contribution in [0.3, 0.4) is 0 Å². The molecule has 1 saturated heterocycles. The van der Waals surface area contributed by atoms with Crippen LogP contribution in [-0.4, -0.2) is 43.2 Å². The molecule has 2 aliphatic rings. The molecule has 0 bridgehead atoms. The average molecular weight is 478 g/mol. The number of nitrogens with zero attached hydrogens (tertiary/aromatic N) is 1. The van der Waals surface area contributed by atoms with Gasteiger partial charge in [0.15, 0.2) is 0 Å². The number of para-hydroxylation sites is 2. The first-order valence-electron chi connectivity index (χ1n) is 11.4. The van der Waals surface area contributed by atoms with Crippen molar-refractivity contribution in [3.05, 3.63) is 78.4 Å². The van der Waals surface area contributed by atoms with Crippen LogP contribution in [0.5, 0.6) is 5.75 Å². The molecule has 3 aromatic carbocycles. The summed E-state index contributed by atoms with van der Waals surface area (Å²) < 4.78 is 17.0. The van der Waals surface area contributed by atoms with Crippen molar-refractivity contribution in [2.24, 2.45) is 5.92 Å². The number of rotatable bonds is 7. The van der Waals surface area contributed by atoms with Crippen molar-refractivity contribution in [2.75, 3.05) is 31.3 Å². The Labute approximate surface area is 203 Å². The highest BCUT2D eigenvalue weighted by atomic mass is 32.2. The van der Waals surface area contributed by atoms with Crippen LogP contribution in [0.4, 0.5) is 11.4 Å². The standard InChI is InChI=1S/C27H27NO5S/c1-27(26(29)30)32-17-20(18-33-27)16-19-10-12-21(13-11-19)31-15-14-28-22-6-2-4-8-24(22)34-25-9-5-3-7-23(25)28/h2-13,20H,14-18H2,1H3,(H,29,30)/t20-,27+. The third-order valence-corrected chi connectivity index (χ3v) is 7.27. The van der Waals surface area contributed by atoms with E-state index in [-0.39, 0.29) is 5.92 Å². The second-order valence-corrected chi connectivity index (χ2v) is 9.71. The molecule has 0 radical (unpaired) electrons. The van der Waals surface area contributed by atoms with Gasteiger partial charge >= 0.3 is 5.97 Å². The predicted octanol–water partition coefficient (Wildman–Crippen LogP) is 5.37. The van der Waals surface area contributed by atoms with E-state index in [4.69, 9.17) is 14.2 Å². The maximum atomic E-state index is 11.2. The second-order valence-electron chi connectivity index (χ2n) is 8.62. The van der Waals surface area contributed by atoms with E-state index in [9.17, 15) is 9.90 Å². The molecule has 0 spiro atoms. The van der Waals surface area contributed by atoms with Gasteiger partial charge in [-0.15, -0.1) is 0 Å². The van der Waals surface area contributed by atoms with E-state index < -0.39 is 11.8 Å². The van der Waals surface area contributed by atoms with Crippen LogP contribution in [0, 0.1) is 5.92 Å². The van der Waals surface area contributed by atoms with Crippen LogP contribution in [0.1, 0.15) is 12.5 Å². The normalized spacial score (nSPS) is 21.4. The number of carboxylic acids is 1. The molecule has 176 valence electrons. The number of fused-ring (bicyclic) bond motifs is 2. The van der Waals surface area contributed by atoms with Gasteiger partial charge in [-0.25, -0.2) is 4.79 Å². The molecule has 2 aliphatic heterocycles. The van der Waals surface area contributed by atoms with Gasteiger partial charge in [0.25, 0.3) is 5.79 Å². The van der Waals surface area contributed by atoms with E-state index in [1.807, 2.05) is 24.3 Å². The summed E-state index contributed by atoms with van der Waals surface area (Å²) in [6, 6.07) is 25.0. The van der Waals surface area contributed by atoms with Crippen LogP contribution >= 0.6 is 11.8 Å². The Morgan fingerprint density at radius 2 is 1.59 bits per heavy atom. The van der Waals surface area contributed by atoms with Crippen molar-refractivity contribution in [3.63, 3.8) is 0 Å². The Morgan fingerprint density at radius 1 is 1.00 bits per heavy atom. The molecule has 0 atom stereocenters. The molecule has 2 heterocycles. The Balaban J connectivity index is 1.16. The molecular formula is C27H27NO5S. The van der Waals surface area contributed by atoms with Crippen molar-refractivity contribution < 1.29 is 24.1 Å². The highest BCUT2D eigenvalue weighted by Crippen LogP contribution is 2.47. The quantitative estimate of drug-likeness (QED) is 0.490. The summed E-state index contributed by atoms with van der Waals surface area (Å²) in [5.74, 6) is -1.69. The highest BCUT2D eigenvalue weighted by Gasteiger charge is 2.40. The summed E-state index contributed by atoms with van der Waals surface area (Å²) in [6.07, 6.45) is 0.759. The summed E-state index contributed by atoms with van der Waals surface area (Å²) in [7, 11) is 0. The van der Waals surface area contributed by atoms with Crippen LogP contribution in [0.15, 0.2) is 82.6 Å². The molecule has 6 nitrogen and oxygen atoms in total. The number of ether oxygens (including phenoxy) is 3. The average Bonchev–Trinajstić information content (AvgIpc) is 2.86. The first-order chi connectivity index (χ1) is 16.5. The second kappa shape index (κ2) is 9.70. The van der Waals surface area contributed by atoms with Crippen molar-refractivity contribution in [1.82, 2.24) is 0 Å². The fourth-order valence-corrected chi connectivity index (χ4v) is 5.31. The molecule has 0 unspecified atom stereocenters. The molecule has 0 amide bonds. The van der Waals surface area contributed by atoms with Crippen LogP contribution in [-0.2, 0) is 20.7 Å². The molecular weight excluding hydrogens is 450 g/mol. The lowest BCUT2D eigenvalue weighted by atomic mass is 9.99. The third kappa shape index (κ3) is 4.78. The van der Waals surface area contributed by atoms with Crippen molar-refractivity contribution in [1.29, 1.82) is 0 Å². The molecule has 7 heteroatoms. The van der Waals surface area contributed by atoms with E-state index in [0.29, 0.717) is 19.8 Å². The zero-order valence-electron chi connectivity index (χ0n) is 19.0. The molecule has 1 N–H and O–H groups in total. The summed E-state index contributed by atoms with van der Waals surface area (Å²) in [6.45, 7) is 3.47. The van der Waals surface area contributed by atoms with Gasteiger partial charge < -0.3 is 24.2 Å². The molecule has 5 rings (SSSR count). The molecule has 3 aromatic rings. The molecule has 0 saturated carbocycles. The number of carbonyl (C=O) groups is 1. The van der Waals surface area contributed by atoms with Gasteiger partial charge in [-0.2, -0.15) is 0 Å². The number of hydrogen-bond acceptors (Lipinski definition) is 6. The molecule has 0 aromatic heterocycles. The Bertz CT molecular complexity index is 1110. The Hall–Kier alpha value is -3.00. The monoisotopic (exact) mass is 477 g/mol. The van der Waals surface area contributed by atoms with Gasteiger partial charge in [0.05, 0.1) is 31.1 Å². The summed E-state index contributed by atoms with van der Waals surface area (Å²) in [4.78, 5) is 16.1. The zero-order valence-corrected chi connectivity index (χ0v) is 19.8. The molecule has 34 heavy (non-hydrogen) atoms. The van der Waals surface area contributed by atoms with Gasteiger partial charge in [-0.05, 0) is 48.4 Å². The van der Waals surface area contributed by atoms with Crippen molar-refractivity contribution in [3.8, 4) is 5.75 Å². The fourth-order valence-electron chi connectivity index (χ4n) is 4.22. The van der Waals surface area contributed by atoms with E-state index in [2.05, 4.69) is 53.4 Å². The molecule has 0 aliphatic carbocycles. The van der Waals surface area contributed by atoms with Crippen molar-refractivity contribution >= 4 is 29.1 Å². The predicted molar refractivity (Wildman–Crippen MR) is 131 cm³/mol. The van der Waals surface area contributed by atoms with Crippen LogP contribution < -0.4 is 9.64 Å². The number of benzene rings is 3. The third-order valence-electron chi connectivity index (χ3n) is 6.14. The highest BCUT2D eigenvalue weighted by molar-refractivity contribution is 7.99. The first kappa shape index (κ1) is 22.8. The Kier molecular flexibility index (Phi) is 6.50. The minimum atomic E-state index is -1.54. The van der Waals surface area contributed by atoms with Gasteiger partial charge in [0, 0.05) is 22.6 Å². The van der Waals surface area contributed by atoms with Gasteiger partial charge in [0.2, 0.25) is 0 Å². The first-order valence-corrected chi connectivity index (χ1v) is 12.2. The zero-order chi connectivity index (χ0) is 23.5. The number of carboxylic acid groups (broad SMARTS) is 1. The number of hydrogen-bond donors (Lipinski definition) is 1. The lowest BCUT2D eigenvalue weighted by molar-refractivity contribution is -0.270. The summed E-state index contributed by atoms with van der Waals surface area (Å²) in [5.41, 5.74) is 3.56. The van der Waals surface area contributed by atoms with E-state index in [1.165, 1.54) is 28.1 Å². The van der Waals surface area contributed by atoms with Gasteiger partial charge in [-0.1, -0.05) is 48.2 Å². The van der Waals surface area contributed by atoms with Crippen LogP contribution in [0.2, 0.25) is 0 Å². The lowest BCUT2D eigenvalue weighted by Gasteiger charge is -2.34. The SMILES string of the molecule is C[C@]1(C(=O)O)OC[C@@H](Cc2ccc(OCCN3c4ccccc4Sc4ccccc43)cc2)CO1. The van der Waals surface area contributed by atoms with E-state index >= 15 is 0 Å². The minimum Gasteiger partial charge on any atom is -0.492 e. The lowest BCUT2D eigenvalue weighted by Crippen LogP contribution is -2.48. The summed E-state index contributed by atoms with van der Waals surface area (Å²) in [5, 5.41) is 9.19. The number of anilines is 2.